The molecule has 1 atom stereocenters. The van der Waals surface area contributed by atoms with Gasteiger partial charge in [0.05, 0.1) is 5.92 Å². The number of benzene rings is 3. The fourth-order valence-corrected chi connectivity index (χ4v) is 4.44. The molecule has 0 radical (unpaired) electrons. The molecule has 0 aliphatic rings. The van der Waals surface area contributed by atoms with E-state index in [1.807, 2.05) is 66.7 Å². The van der Waals surface area contributed by atoms with Crippen molar-refractivity contribution < 1.29 is 9.90 Å². The van der Waals surface area contributed by atoms with E-state index in [0.29, 0.717) is 11.4 Å². The number of anilines is 1. The first kappa shape index (κ1) is 22.6. The van der Waals surface area contributed by atoms with Crippen LogP contribution < -0.4 is 5.73 Å². The number of carboxylic acids is 1. The molecule has 0 saturated carbocycles. The topological polar surface area (TPSA) is 94.0 Å². The lowest BCUT2D eigenvalue weighted by atomic mass is 10.0. The van der Waals surface area contributed by atoms with Crippen LogP contribution in [0.1, 0.15) is 29.5 Å². The first-order valence-corrected chi connectivity index (χ1v) is 11.8. The molecule has 4 aromatic rings. The highest BCUT2D eigenvalue weighted by Crippen LogP contribution is 2.28. The summed E-state index contributed by atoms with van der Waals surface area (Å²) in [5, 5.41) is 19.0. The zero-order valence-corrected chi connectivity index (χ0v) is 19.2. The van der Waals surface area contributed by atoms with Gasteiger partial charge in [-0.3, -0.25) is 4.79 Å². The lowest BCUT2D eigenvalue weighted by Gasteiger charge is -2.11. The Morgan fingerprint density at radius 1 is 0.970 bits per heavy atom. The maximum Gasteiger partial charge on any atom is 0.310 e. The molecule has 3 aromatic carbocycles. The first-order valence-electron chi connectivity index (χ1n) is 10.8. The molecule has 168 valence electrons. The fourth-order valence-electron chi connectivity index (χ4n) is 3.52. The van der Waals surface area contributed by atoms with Crippen molar-refractivity contribution in [1.29, 1.82) is 0 Å². The van der Waals surface area contributed by atoms with Crippen molar-refractivity contribution in [3.8, 4) is 11.4 Å². The normalized spacial score (nSPS) is 11.9. The number of carbonyl (C=O) groups is 1. The number of aryl methyl sites for hydroxylation is 1. The average Bonchev–Trinajstić information content (AvgIpc) is 3.25. The molecule has 0 fully saturated rings. The van der Waals surface area contributed by atoms with Crippen LogP contribution in [0.2, 0.25) is 0 Å². The lowest BCUT2D eigenvalue weighted by molar-refractivity contribution is -0.138. The summed E-state index contributed by atoms with van der Waals surface area (Å²) in [7, 11) is 0. The van der Waals surface area contributed by atoms with Crippen molar-refractivity contribution in [3.63, 3.8) is 0 Å². The first-order chi connectivity index (χ1) is 16.0. The highest BCUT2D eigenvalue weighted by molar-refractivity contribution is 7.98. The summed E-state index contributed by atoms with van der Waals surface area (Å²) in [6.07, 6.45) is 0.871. The van der Waals surface area contributed by atoms with E-state index in [-0.39, 0.29) is 0 Å². The van der Waals surface area contributed by atoms with Gasteiger partial charge >= 0.3 is 5.97 Å². The largest absolute Gasteiger partial charge is 0.481 e. The molecule has 1 heterocycles. The zero-order chi connectivity index (χ0) is 23.2. The van der Waals surface area contributed by atoms with Crippen LogP contribution in [0, 0.1) is 0 Å². The summed E-state index contributed by atoms with van der Waals surface area (Å²) in [6.45, 7) is 2.45. The lowest BCUT2D eigenvalue weighted by Crippen LogP contribution is -2.07. The molecule has 0 amide bonds. The summed E-state index contributed by atoms with van der Waals surface area (Å²) in [5.41, 5.74) is 10.7. The number of nitrogens with two attached hydrogens (primary N) is 1. The Hall–Kier alpha value is -3.58. The molecule has 4 rings (SSSR count). The van der Waals surface area contributed by atoms with Crippen molar-refractivity contribution >= 4 is 23.4 Å². The second-order valence-electron chi connectivity index (χ2n) is 7.91. The molecule has 0 bridgehead atoms. The van der Waals surface area contributed by atoms with E-state index in [0.717, 1.165) is 40.6 Å². The Morgan fingerprint density at radius 2 is 1.67 bits per heavy atom. The van der Waals surface area contributed by atoms with Crippen LogP contribution in [0.5, 0.6) is 0 Å². The van der Waals surface area contributed by atoms with Gasteiger partial charge in [-0.05, 0) is 54.3 Å². The molecular weight excluding hydrogens is 432 g/mol. The van der Waals surface area contributed by atoms with Gasteiger partial charge in [0, 0.05) is 23.5 Å². The minimum Gasteiger partial charge on any atom is -0.481 e. The van der Waals surface area contributed by atoms with Gasteiger partial charge in [-0.1, -0.05) is 66.4 Å². The van der Waals surface area contributed by atoms with Crippen LogP contribution >= 0.6 is 11.8 Å². The third-order valence-electron chi connectivity index (χ3n) is 5.57. The van der Waals surface area contributed by atoms with E-state index in [1.54, 1.807) is 18.7 Å². The van der Waals surface area contributed by atoms with Crippen LogP contribution in [0.25, 0.3) is 11.4 Å². The number of carboxylic acid groups (broad SMARTS) is 1. The van der Waals surface area contributed by atoms with Gasteiger partial charge in [-0.2, -0.15) is 0 Å². The number of aromatic nitrogens is 3. The number of rotatable bonds is 9. The van der Waals surface area contributed by atoms with E-state index in [1.165, 1.54) is 5.56 Å². The van der Waals surface area contributed by atoms with Gasteiger partial charge in [0.1, 0.15) is 0 Å². The van der Waals surface area contributed by atoms with E-state index in [4.69, 9.17) is 5.73 Å². The number of hydrogen-bond donors (Lipinski definition) is 2. The second kappa shape index (κ2) is 10.4. The van der Waals surface area contributed by atoms with Crippen LogP contribution in [-0.2, 0) is 23.5 Å². The van der Waals surface area contributed by atoms with Gasteiger partial charge in [-0.15, -0.1) is 10.2 Å². The minimum absolute atomic E-state index is 0.518. The quantitative estimate of drug-likeness (QED) is 0.263. The molecule has 0 saturated heterocycles. The zero-order valence-electron chi connectivity index (χ0n) is 18.4. The molecular formula is C26H26N4O2S. The molecule has 0 aliphatic heterocycles. The van der Waals surface area contributed by atoms with E-state index in [9.17, 15) is 9.90 Å². The number of nitrogen functional groups attached to an aromatic ring is 1. The van der Waals surface area contributed by atoms with Crippen LogP contribution in [-0.4, -0.2) is 25.8 Å². The smallest absolute Gasteiger partial charge is 0.310 e. The molecule has 7 heteroatoms. The maximum atomic E-state index is 11.2. The van der Waals surface area contributed by atoms with Gasteiger partial charge in [-0.25, -0.2) is 0 Å². The summed E-state index contributed by atoms with van der Waals surface area (Å²) in [5.74, 6) is 0.195. The number of hydrogen-bond acceptors (Lipinski definition) is 5. The van der Waals surface area contributed by atoms with Gasteiger partial charge in [0.25, 0.3) is 0 Å². The molecule has 33 heavy (non-hydrogen) atoms. The maximum absolute atomic E-state index is 11.2. The predicted octanol–water partition coefficient (Wildman–Crippen LogP) is 5.25. The Kier molecular flexibility index (Phi) is 7.10. The van der Waals surface area contributed by atoms with Crippen molar-refractivity contribution in [2.24, 2.45) is 0 Å². The summed E-state index contributed by atoms with van der Waals surface area (Å²) >= 11 is 1.62. The molecule has 0 aliphatic carbocycles. The van der Waals surface area contributed by atoms with Crippen LogP contribution in [0.4, 0.5) is 5.69 Å². The van der Waals surface area contributed by atoms with Crippen molar-refractivity contribution in [2.75, 3.05) is 5.73 Å². The van der Waals surface area contributed by atoms with Crippen LogP contribution in [0.3, 0.4) is 0 Å². The second-order valence-corrected chi connectivity index (χ2v) is 8.85. The van der Waals surface area contributed by atoms with Crippen molar-refractivity contribution in [2.45, 2.75) is 36.7 Å². The third-order valence-corrected chi connectivity index (χ3v) is 6.61. The molecule has 1 unspecified atom stereocenters. The molecule has 1 aromatic heterocycles. The molecule has 0 spiro atoms. The summed E-state index contributed by atoms with van der Waals surface area (Å²) in [6, 6.07) is 25.8. The van der Waals surface area contributed by atoms with Gasteiger partial charge in [0.15, 0.2) is 11.0 Å². The highest BCUT2D eigenvalue weighted by Gasteiger charge is 2.16. The Morgan fingerprint density at radius 3 is 2.33 bits per heavy atom. The fraction of sp³-hybridized carbons (Fsp3) is 0.192. The van der Waals surface area contributed by atoms with E-state index >= 15 is 0 Å². The predicted molar refractivity (Wildman–Crippen MR) is 132 cm³/mol. The van der Waals surface area contributed by atoms with Gasteiger partial charge in [0.2, 0.25) is 0 Å². The van der Waals surface area contributed by atoms with Crippen LogP contribution in [0.15, 0.2) is 84.0 Å². The Bertz CT molecular complexity index is 1210. The minimum atomic E-state index is -0.821. The van der Waals surface area contributed by atoms with Crippen molar-refractivity contribution in [1.82, 2.24) is 14.8 Å². The van der Waals surface area contributed by atoms with E-state index in [2.05, 4.69) is 26.9 Å². The summed E-state index contributed by atoms with van der Waals surface area (Å²) in [4.78, 5) is 11.2. The monoisotopic (exact) mass is 458 g/mol. The number of nitrogens with zero attached hydrogens (tertiary/aromatic N) is 3. The SMILES string of the molecule is CC(C(=O)O)c1ccc(CSc2nnc(-c3ccc(N)cc3)n2CCc2ccccc2)cc1. The van der Waals surface area contributed by atoms with E-state index < -0.39 is 11.9 Å². The standard InChI is InChI=1S/C26H26N4O2S/c1-18(25(31)32)21-9-7-20(8-10-21)17-33-26-29-28-24(22-11-13-23(27)14-12-22)30(26)16-15-19-5-3-2-4-6-19/h2-14,18H,15-17,27H2,1H3,(H,31,32). The van der Waals surface area contributed by atoms with Gasteiger partial charge < -0.3 is 15.4 Å². The Labute approximate surface area is 197 Å². The molecule has 6 nitrogen and oxygen atoms in total. The number of aliphatic carboxylic acids is 1. The number of thioether (sulfide) groups is 1. The highest BCUT2D eigenvalue weighted by atomic mass is 32.2. The third kappa shape index (κ3) is 5.62. The average molecular weight is 459 g/mol. The molecule has 3 N–H and O–H groups in total. The van der Waals surface area contributed by atoms with Crippen molar-refractivity contribution in [3.05, 3.63) is 95.6 Å². The summed E-state index contributed by atoms with van der Waals surface area (Å²) < 4.78 is 2.16. The Balaban J connectivity index is 1.54.